The fourth-order valence-corrected chi connectivity index (χ4v) is 3.36. The summed E-state index contributed by atoms with van der Waals surface area (Å²) in [6, 6.07) is 0. The average molecular weight is 247 g/mol. The maximum Gasteiger partial charge on any atom is 0.0671 e. The van der Waals surface area contributed by atoms with E-state index in [2.05, 4.69) is 0 Å². The quantitative estimate of drug-likeness (QED) is 0.507. The Morgan fingerprint density at radius 1 is 1.38 bits per heavy atom. The molecule has 0 aromatic heterocycles. The van der Waals surface area contributed by atoms with Crippen LogP contribution >= 0.6 is 11.6 Å². The van der Waals surface area contributed by atoms with Crippen molar-refractivity contribution in [3.63, 3.8) is 0 Å². The van der Waals surface area contributed by atoms with Crippen molar-refractivity contribution in [2.75, 3.05) is 26.2 Å². The Morgan fingerprint density at radius 2 is 2.19 bits per heavy atom. The second-order valence-corrected chi connectivity index (χ2v) is 5.59. The lowest BCUT2D eigenvalue weighted by Crippen LogP contribution is -2.34. The van der Waals surface area contributed by atoms with Gasteiger partial charge in [0.2, 0.25) is 0 Å². The van der Waals surface area contributed by atoms with Crippen LogP contribution in [-0.4, -0.2) is 32.3 Å². The largest absolute Gasteiger partial charge is 0.385 e. The lowest BCUT2D eigenvalue weighted by Gasteiger charge is -2.32. The van der Waals surface area contributed by atoms with Gasteiger partial charge in [-0.3, -0.25) is 0 Å². The van der Waals surface area contributed by atoms with Crippen LogP contribution in [0.15, 0.2) is 0 Å². The van der Waals surface area contributed by atoms with Crippen molar-refractivity contribution in [1.29, 1.82) is 0 Å². The van der Waals surface area contributed by atoms with E-state index in [0.29, 0.717) is 6.10 Å². The van der Waals surface area contributed by atoms with Crippen LogP contribution in [0.2, 0.25) is 0 Å². The number of rotatable bonds is 7. The van der Waals surface area contributed by atoms with E-state index < -0.39 is 0 Å². The fourth-order valence-electron chi connectivity index (χ4n) is 2.94. The SMILES string of the molecule is COCCCCC1(CCl)CCOC1C1CC1. The zero-order chi connectivity index (χ0) is 11.4. The normalized spacial score (nSPS) is 34.5. The minimum absolute atomic E-state index is 0.274. The molecule has 0 radical (unpaired) electrons. The topological polar surface area (TPSA) is 18.5 Å². The highest BCUT2D eigenvalue weighted by Crippen LogP contribution is 2.50. The van der Waals surface area contributed by atoms with Crippen LogP contribution in [0.3, 0.4) is 0 Å². The van der Waals surface area contributed by atoms with Gasteiger partial charge in [-0.1, -0.05) is 6.42 Å². The van der Waals surface area contributed by atoms with Crippen LogP contribution in [-0.2, 0) is 9.47 Å². The van der Waals surface area contributed by atoms with Gasteiger partial charge in [0, 0.05) is 31.6 Å². The van der Waals surface area contributed by atoms with Crippen molar-refractivity contribution in [3.8, 4) is 0 Å². The second-order valence-electron chi connectivity index (χ2n) is 5.32. The third kappa shape index (κ3) is 2.72. The minimum atomic E-state index is 0.274. The predicted octanol–water partition coefficient (Wildman–Crippen LogP) is 3.23. The van der Waals surface area contributed by atoms with Gasteiger partial charge < -0.3 is 9.47 Å². The molecule has 1 saturated heterocycles. The first-order valence-electron chi connectivity index (χ1n) is 6.49. The molecule has 2 nitrogen and oxygen atoms in total. The first kappa shape index (κ1) is 12.7. The van der Waals surface area contributed by atoms with E-state index in [-0.39, 0.29) is 5.41 Å². The molecule has 2 rings (SSSR count). The van der Waals surface area contributed by atoms with Crippen LogP contribution in [0.1, 0.15) is 38.5 Å². The van der Waals surface area contributed by atoms with Crippen LogP contribution in [0.4, 0.5) is 0 Å². The summed E-state index contributed by atoms with van der Waals surface area (Å²) in [5.41, 5.74) is 0.274. The van der Waals surface area contributed by atoms with Gasteiger partial charge in [0.05, 0.1) is 6.10 Å². The summed E-state index contributed by atoms with van der Waals surface area (Å²) in [7, 11) is 1.77. The van der Waals surface area contributed by atoms with Crippen molar-refractivity contribution in [1.82, 2.24) is 0 Å². The van der Waals surface area contributed by atoms with E-state index >= 15 is 0 Å². The van der Waals surface area contributed by atoms with Crippen LogP contribution in [0, 0.1) is 11.3 Å². The fraction of sp³-hybridized carbons (Fsp3) is 1.00. The lowest BCUT2D eigenvalue weighted by molar-refractivity contribution is 0.0347. The molecule has 0 amide bonds. The Bertz CT molecular complexity index is 218. The van der Waals surface area contributed by atoms with E-state index in [0.717, 1.165) is 37.9 Å². The Hall–Kier alpha value is 0.210. The summed E-state index contributed by atoms with van der Waals surface area (Å²) in [6.07, 6.45) is 7.88. The van der Waals surface area contributed by atoms with E-state index in [1.807, 2.05) is 0 Å². The van der Waals surface area contributed by atoms with Gasteiger partial charge in [-0.05, 0) is 38.0 Å². The molecule has 2 unspecified atom stereocenters. The Balaban J connectivity index is 1.84. The standard InChI is InChI=1S/C13H23ClO2/c1-15-8-3-2-6-13(10-14)7-9-16-12(13)11-4-5-11/h11-12H,2-10H2,1H3. The number of unbranched alkanes of at least 4 members (excludes halogenated alkanes) is 1. The molecule has 1 aliphatic carbocycles. The predicted molar refractivity (Wildman–Crippen MR) is 66.0 cm³/mol. The molecule has 2 fully saturated rings. The van der Waals surface area contributed by atoms with E-state index in [1.54, 1.807) is 7.11 Å². The highest BCUT2D eigenvalue weighted by molar-refractivity contribution is 6.18. The molecule has 16 heavy (non-hydrogen) atoms. The van der Waals surface area contributed by atoms with Gasteiger partial charge in [0.15, 0.2) is 0 Å². The zero-order valence-corrected chi connectivity index (χ0v) is 11.0. The Labute approximate surface area is 104 Å². The van der Waals surface area contributed by atoms with Gasteiger partial charge in [0.1, 0.15) is 0 Å². The Kier molecular flexibility index (Phi) is 4.51. The third-order valence-electron chi connectivity index (χ3n) is 4.09. The molecule has 0 aromatic rings. The number of hydrogen-bond donors (Lipinski definition) is 0. The van der Waals surface area contributed by atoms with E-state index in [9.17, 15) is 0 Å². The highest BCUT2D eigenvalue weighted by atomic mass is 35.5. The molecular formula is C13H23ClO2. The van der Waals surface area contributed by atoms with Crippen LogP contribution in [0.25, 0.3) is 0 Å². The summed E-state index contributed by atoms with van der Waals surface area (Å²) in [5, 5.41) is 0. The summed E-state index contributed by atoms with van der Waals surface area (Å²) in [5.74, 6) is 1.57. The molecule has 0 aromatic carbocycles. The van der Waals surface area contributed by atoms with Crippen molar-refractivity contribution in [3.05, 3.63) is 0 Å². The third-order valence-corrected chi connectivity index (χ3v) is 4.62. The van der Waals surface area contributed by atoms with Crippen LogP contribution in [0.5, 0.6) is 0 Å². The Morgan fingerprint density at radius 3 is 2.81 bits per heavy atom. The number of hydrogen-bond acceptors (Lipinski definition) is 2. The molecule has 0 N–H and O–H groups in total. The summed E-state index contributed by atoms with van der Waals surface area (Å²) in [6.45, 7) is 1.78. The lowest BCUT2D eigenvalue weighted by atomic mass is 9.76. The van der Waals surface area contributed by atoms with E-state index in [1.165, 1.54) is 25.7 Å². The first-order chi connectivity index (χ1) is 7.82. The number of alkyl halides is 1. The number of halogens is 1. The molecule has 94 valence electrons. The summed E-state index contributed by atoms with van der Waals surface area (Å²) in [4.78, 5) is 0. The van der Waals surface area contributed by atoms with Gasteiger partial charge >= 0.3 is 0 Å². The molecule has 2 aliphatic rings. The second kappa shape index (κ2) is 5.70. The zero-order valence-electron chi connectivity index (χ0n) is 10.2. The highest BCUT2D eigenvalue weighted by Gasteiger charge is 2.49. The molecule has 1 heterocycles. The van der Waals surface area contributed by atoms with Gasteiger partial charge in [-0.25, -0.2) is 0 Å². The minimum Gasteiger partial charge on any atom is -0.385 e. The van der Waals surface area contributed by atoms with Crippen molar-refractivity contribution < 1.29 is 9.47 Å². The van der Waals surface area contributed by atoms with Gasteiger partial charge in [-0.15, -0.1) is 11.6 Å². The van der Waals surface area contributed by atoms with Gasteiger partial charge in [0.25, 0.3) is 0 Å². The maximum atomic E-state index is 6.23. The maximum absolute atomic E-state index is 6.23. The average Bonchev–Trinajstić information content (AvgIpc) is 3.06. The first-order valence-corrected chi connectivity index (χ1v) is 7.02. The van der Waals surface area contributed by atoms with Gasteiger partial charge in [-0.2, -0.15) is 0 Å². The van der Waals surface area contributed by atoms with E-state index in [4.69, 9.17) is 21.1 Å². The molecule has 1 saturated carbocycles. The van der Waals surface area contributed by atoms with Crippen molar-refractivity contribution in [2.45, 2.75) is 44.6 Å². The molecular weight excluding hydrogens is 224 g/mol. The van der Waals surface area contributed by atoms with Crippen molar-refractivity contribution in [2.24, 2.45) is 11.3 Å². The molecule has 0 bridgehead atoms. The van der Waals surface area contributed by atoms with Crippen molar-refractivity contribution >= 4 is 11.6 Å². The summed E-state index contributed by atoms with van der Waals surface area (Å²) < 4.78 is 11.0. The number of ether oxygens (including phenoxy) is 2. The molecule has 2 atom stereocenters. The molecule has 1 aliphatic heterocycles. The molecule has 0 spiro atoms. The number of methoxy groups -OCH3 is 1. The summed E-state index contributed by atoms with van der Waals surface area (Å²) >= 11 is 6.23. The molecule has 3 heteroatoms. The van der Waals surface area contributed by atoms with Crippen LogP contribution < -0.4 is 0 Å². The smallest absolute Gasteiger partial charge is 0.0671 e. The monoisotopic (exact) mass is 246 g/mol.